The monoisotopic (exact) mass is 654 g/mol. The molecule has 224 valence electrons. The van der Waals surface area contributed by atoms with Crippen molar-refractivity contribution in [1.82, 2.24) is 0 Å². The van der Waals surface area contributed by atoms with Crippen molar-refractivity contribution in [3.05, 3.63) is 154 Å². The summed E-state index contributed by atoms with van der Waals surface area (Å²) in [6, 6.07) is 39.5. The molecule has 0 aliphatic heterocycles. The number of aryl methyl sites for hydroxylation is 4. The van der Waals surface area contributed by atoms with Crippen LogP contribution in [0.15, 0.2) is 109 Å². The molecular weight excluding hydrogens is 608 g/mol. The summed E-state index contributed by atoms with van der Waals surface area (Å²) in [6.45, 7) is 22.5. The molecule has 0 nitrogen and oxygen atoms in total. The molecule has 6 rings (SSSR count). The molecule has 0 spiro atoms. The first-order valence-electron chi connectivity index (χ1n) is 15.7. The minimum Gasteiger partial charge on any atom is -0.214 e. The predicted octanol–water partition coefficient (Wildman–Crippen LogP) is 11.7. The summed E-state index contributed by atoms with van der Waals surface area (Å²) in [5.74, 6) is 0. The first-order valence-corrected chi connectivity index (χ1v) is 16.9. The van der Waals surface area contributed by atoms with Gasteiger partial charge in [0.2, 0.25) is 0 Å². The van der Waals surface area contributed by atoms with E-state index in [1.807, 2.05) is 30.3 Å². The van der Waals surface area contributed by atoms with Crippen LogP contribution in [0.1, 0.15) is 86.1 Å². The van der Waals surface area contributed by atoms with Crippen LogP contribution < -0.4 is 0 Å². The number of hydrogen-bond acceptors (Lipinski definition) is 0. The standard InChI is InChI=1S/C23H29.C15H14.C5H5.Zr/c1-14-9-16-11-17-10-15(2)21(23(6,7)8)13-19(17)18(16)12-20(14)22(3,4)5;1-12-3-7-14(8-4-12)11-15-9-5-13(2)6-10-15;1-2-4-5-3-1;/h9-13H,1-8H3;3-10H,1-2H3;1-5H;/q-1;;-1;+2. The topological polar surface area (TPSA) is 0 Å². The number of fused-ring (bicyclic) bond motifs is 3. The van der Waals surface area contributed by atoms with Crippen molar-refractivity contribution >= 4 is 24.8 Å². The molecule has 44 heavy (non-hydrogen) atoms. The van der Waals surface area contributed by atoms with Crippen LogP contribution in [0.4, 0.5) is 0 Å². The Hall–Kier alpha value is -3.15. The molecule has 0 N–H and O–H groups in total. The summed E-state index contributed by atoms with van der Waals surface area (Å²) in [5, 5.41) is 5.55. The molecule has 0 fully saturated rings. The Morgan fingerprint density at radius 3 is 1.20 bits per heavy atom. The smallest absolute Gasteiger partial charge is 0.172 e. The largest absolute Gasteiger partial charge is 0.214 e. The first-order chi connectivity index (χ1) is 20.6. The van der Waals surface area contributed by atoms with Gasteiger partial charge in [0.15, 0.2) is 0 Å². The molecule has 6 aromatic carbocycles. The first kappa shape index (κ1) is 33.7. The zero-order valence-electron chi connectivity index (χ0n) is 28.4. The van der Waals surface area contributed by atoms with Crippen LogP contribution in [-0.4, -0.2) is 3.21 Å². The van der Waals surface area contributed by atoms with Crippen LogP contribution in [0.5, 0.6) is 0 Å². The second-order valence-electron chi connectivity index (χ2n) is 14.2. The van der Waals surface area contributed by atoms with E-state index >= 15 is 0 Å². The molecule has 6 aromatic rings. The van der Waals surface area contributed by atoms with Crippen molar-refractivity contribution in [2.75, 3.05) is 0 Å². The fourth-order valence-electron chi connectivity index (χ4n) is 5.88. The second-order valence-corrected chi connectivity index (χ2v) is 15.5. The van der Waals surface area contributed by atoms with E-state index < -0.39 is 0 Å². The Kier molecular flexibility index (Phi) is 10.6. The summed E-state index contributed by atoms with van der Waals surface area (Å²) in [6.07, 6.45) is 0. The summed E-state index contributed by atoms with van der Waals surface area (Å²) in [5.41, 5.74) is 11.4. The molecule has 0 aliphatic rings. The molecule has 0 radical (unpaired) electrons. The number of rotatable bonds is 2. The normalized spacial score (nSPS) is 11.5. The zero-order chi connectivity index (χ0) is 32.2. The van der Waals surface area contributed by atoms with Gasteiger partial charge < -0.3 is 0 Å². The van der Waals surface area contributed by atoms with Crippen molar-refractivity contribution < 1.29 is 24.2 Å². The van der Waals surface area contributed by atoms with Gasteiger partial charge >= 0.3 is 112 Å². The van der Waals surface area contributed by atoms with E-state index in [2.05, 4.69) is 148 Å². The van der Waals surface area contributed by atoms with Gasteiger partial charge in [-0.2, -0.15) is 18.2 Å². The molecule has 0 unspecified atom stereocenters. The van der Waals surface area contributed by atoms with Gasteiger partial charge in [0.05, 0.1) is 0 Å². The Labute approximate surface area is 281 Å². The van der Waals surface area contributed by atoms with Crippen LogP contribution in [0.2, 0.25) is 0 Å². The van der Waals surface area contributed by atoms with Crippen LogP contribution in [0.25, 0.3) is 21.5 Å². The van der Waals surface area contributed by atoms with Gasteiger partial charge in [0.25, 0.3) is 0 Å². The summed E-state index contributed by atoms with van der Waals surface area (Å²) in [7, 11) is 0. The van der Waals surface area contributed by atoms with Crippen molar-refractivity contribution in [1.29, 1.82) is 0 Å². The molecule has 0 saturated carbocycles. The summed E-state index contributed by atoms with van der Waals surface area (Å²) >= 11 is 1.46. The predicted molar refractivity (Wildman–Crippen MR) is 192 cm³/mol. The molecule has 0 bridgehead atoms. The zero-order valence-corrected chi connectivity index (χ0v) is 30.9. The van der Waals surface area contributed by atoms with Gasteiger partial charge in [0.1, 0.15) is 0 Å². The van der Waals surface area contributed by atoms with Gasteiger partial charge in [-0.3, -0.25) is 0 Å². The summed E-state index contributed by atoms with van der Waals surface area (Å²) < 4.78 is 1.42. The van der Waals surface area contributed by atoms with Gasteiger partial charge in [0, 0.05) is 0 Å². The maximum absolute atomic E-state index is 2.43. The van der Waals surface area contributed by atoms with E-state index in [1.165, 1.54) is 93.5 Å². The minimum atomic E-state index is 0.180. The molecule has 0 saturated heterocycles. The molecule has 0 atom stereocenters. The third kappa shape index (κ3) is 8.31. The van der Waals surface area contributed by atoms with Crippen molar-refractivity contribution in [3.8, 4) is 0 Å². The van der Waals surface area contributed by atoms with Crippen LogP contribution in [0, 0.1) is 27.7 Å². The van der Waals surface area contributed by atoms with E-state index in [0.717, 1.165) is 0 Å². The van der Waals surface area contributed by atoms with Crippen LogP contribution in [0.3, 0.4) is 0 Å². The van der Waals surface area contributed by atoms with E-state index in [-0.39, 0.29) is 10.8 Å². The number of benzene rings is 4. The Morgan fingerprint density at radius 2 is 0.909 bits per heavy atom. The van der Waals surface area contributed by atoms with Crippen molar-refractivity contribution in [3.63, 3.8) is 0 Å². The molecule has 1 heteroatoms. The fourth-order valence-corrected chi connectivity index (χ4v) is 6.70. The van der Waals surface area contributed by atoms with E-state index in [4.69, 9.17) is 0 Å². The minimum absolute atomic E-state index is 0.180. The fraction of sp³-hybridized carbons (Fsp3) is 0.279. The van der Waals surface area contributed by atoms with Gasteiger partial charge in [-0.1, -0.05) is 75.9 Å². The summed E-state index contributed by atoms with van der Waals surface area (Å²) in [4.78, 5) is 0. The Balaban J connectivity index is 0.000000181. The van der Waals surface area contributed by atoms with E-state index in [0.29, 0.717) is 0 Å². The molecule has 0 aromatic heterocycles. The maximum atomic E-state index is 2.43. The molecule has 0 aliphatic carbocycles. The average molecular weight is 656 g/mol. The van der Waals surface area contributed by atoms with E-state index in [1.54, 1.807) is 0 Å². The quantitative estimate of drug-likeness (QED) is 0.163. The van der Waals surface area contributed by atoms with E-state index in [9.17, 15) is 0 Å². The Bertz CT molecular complexity index is 1690. The molecular formula is C43H48Zr. The Morgan fingerprint density at radius 1 is 0.545 bits per heavy atom. The van der Waals surface area contributed by atoms with Gasteiger partial charge in [-0.25, -0.2) is 12.1 Å². The van der Waals surface area contributed by atoms with Crippen LogP contribution in [-0.2, 0) is 35.1 Å². The third-order valence-corrected chi connectivity index (χ3v) is 9.67. The van der Waals surface area contributed by atoms with Crippen molar-refractivity contribution in [2.24, 2.45) is 0 Å². The SMILES string of the molecule is Cc1cc2[cH-]c3cc(C)c(C(C)(C)C)cc3c2cc1C(C)(C)C.Cc1ccc([C](=[Zr+2])c2ccc(C)cc2)cc1.c1cc[cH-]c1. The molecule has 0 amide bonds. The second kappa shape index (κ2) is 13.9. The van der Waals surface area contributed by atoms with Gasteiger partial charge in [-0.15, -0.1) is 39.7 Å². The third-order valence-electron chi connectivity index (χ3n) is 8.25. The van der Waals surface area contributed by atoms with Gasteiger partial charge in [-0.05, 0) is 24.7 Å². The van der Waals surface area contributed by atoms with Crippen molar-refractivity contribution in [2.45, 2.75) is 80.1 Å². The number of hydrogen-bond donors (Lipinski definition) is 0. The maximum Gasteiger partial charge on any atom is -0.172 e. The average Bonchev–Trinajstić information content (AvgIpc) is 3.63. The van der Waals surface area contributed by atoms with Crippen LogP contribution >= 0.6 is 0 Å². The molecule has 0 heterocycles.